The van der Waals surface area contributed by atoms with E-state index in [-0.39, 0.29) is 0 Å². The molecule has 0 nitrogen and oxygen atoms in total. The molecule has 3 rings (SSSR count). The molecule has 0 amide bonds. The van der Waals surface area contributed by atoms with Crippen molar-refractivity contribution in [2.75, 3.05) is 0 Å². The minimum atomic E-state index is 0.783. The Hall–Kier alpha value is -2.31. The molecule has 0 aliphatic rings. The average molecular weight is 347 g/mol. The zero-order chi connectivity index (χ0) is 17.8. The lowest BCUT2D eigenvalue weighted by Crippen LogP contribution is -1.94. The van der Waals surface area contributed by atoms with Crippen molar-refractivity contribution < 1.29 is 0 Å². The molecule has 0 bridgehead atoms. The van der Waals surface area contributed by atoms with Gasteiger partial charge in [0.2, 0.25) is 0 Å². The molecule has 3 aromatic carbocycles. The first-order valence-electron chi connectivity index (χ1n) is 8.70. The molecular formula is C24H23Cl. The lowest BCUT2D eigenvalue weighted by Gasteiger charge is -2.15. The fraction of sp³-hybridized carbons (Fsp3) is 0.167. The molecule has 3 aromatic rings. The van der Waals surface area contributed by atoms with E-state index in [4.69, 9.17) is 11.6 Å². The SMILES string of the molecule is C=C(CC)Cc1cc(-c2c(Cl)cccc2-c2ccccc2)ccc1C. The Bertz CT molecular complexity index is 891. The van der Waals surface area contributed by atoms with Gasteiger partial charge in [-0.2, -0.15) is 0 Å². The first kappa shape index (κ1) is 17.5. The van der Waals surface area contributed by atoms with Crippen molar-refractivity contribution in [3.05, 3.63) is 95.0 Å². The van der Waals surface area contributed by atoms with E-state index in [0.29, 0.717) is 0 Å². The van der Waals surface area contributed by atoms with Crippen molar-refractivity contribution >= 4 is 11.6 Å². The third-order valence-corrected chi connectivity index (χ3v) is 4.99. The average Bonchev–Trinajstić information content (AvgIpc) is 2.64. The second kappa shape index (κ2) is 7.72. The van der Waals surface area contributed by atoms with Crippen LogP contribution in [-0.2, 0) is 6.42 Å². The van der Waals surface area contributed by atoms with E-state index >= 15 is 0 Å². The Morgan fingerprint density at radius 3 is 2.40 bits per heavy atom. The highest BCUT2D eigenvalue weighted by Crippen LogP contribution is 2.38. The Kier molecular flexibility index (Phi) is 5.40. The molecule has 25 heavy (non-hydrogen) atoms. The monoisotopic (exact) mass is 346 g/mol. The minimum Gasteiger partial charge on any atom is -0.0995 e. The van der Waals surface area contributed by atoms with Crippen molar-refractivity contribution in [1.82, 2.24) is 0 Å². The van der Waals surface area contributed by atoms with Gasteiger partial charge in [0.25, 0.3) is 0 Å². The molecule has 0 radical (unpaired) electrons. The van der Waals surface area contributed by atoms with E-state index in [9.17, 15) is 0 Å². The van der Waals surface area contributed by atoms with Gasteiger partial charge in [-0.1, -0.05) is 91.3 Å². The zero-order valence-corrected chi connectivity index (χ0v) is 15.6. The molecule has 0 aliphatic carbocycles. The van der Waals surface area contributed by atoms with Crippen LogP contribution in [0.4, 0.5) is 0 Å². The standard InChI is InChI=1S/C24H23Cl/c1-4-17(2)15-21-16-20(14-13-18(21)3)24-22(11-8-12-23(24)25)19-9-6-5-7-10-19/h5-14,16H,2,4,15H2,1,3H3. The van der Waals surface area contributed by atoms with E-state index in [1.54, 1.807) is 0 Å². The minimum absolute atomic E-state index is 0.783. The van der Waals surface area contributed by atoms with Crippen LogP contribution in [0.2, 0.25) is 5.02 Å². The van der Waals surface area contributed by atoms with Gasteiger partial charge in [-0.3, -0.25) is 0 Å². The molecule has 126 valence electrons. The lowest BCUT2D eigenvalue weighted by atomic mass is 9.91. The van der Waals surface area contributed by atoms with Gasteiger partial charge < -0.3 is 0 Å². The van der Waals surface area contributed by atoms with Crippen molar-refractivity contribution in [2.24, 2.45) is 0 Å². The van der Waals surface area contributed by atoms with Crippen LogP contribution in [0.1, 0.15) is 24.5 Å². The Morgan fingerprint density at radius 2 is 1.68 bits per heavy atom. The second-order valence-electron chi connectivity index (χ2n) is 6.45. The van der Waals surface area contributed by atoms with Gasteiger partial charge >= 0.3 is 0 Å². The van der Waals surface area contributed by atoms with Gasteiger partial charge in [0.15, 0.2) is 0 Å². The summed E-state index contributed by atoms with van der Waals surface area (Å²) in [5.74, 6) is 0. The van der Waals surface area contributed by atoms with Crippen molar-refractivity contribution in [2.45, 2.75) is 26.7 Å². The summed E-state index contributed by atoms with van der Waals surface area (Å²) >= 11 is 6.62. The summed E-state index contributed by atoms with van der Waals surface area (Å²) in [6.45, 7) is 8.48. The zero-order valence-electron chi connectivity index (χ0n) is 14.9. The van der Waals surface area contributed by atoms with Crippen molar-refractivity contribution in [1.29, 1.82) is 0 Å². The molecule has 0 unspecified atom stereocenters. The molecule has 0 spiro atoms. The van der Waals surface area contributed by atoms with Gasteiger partial charge in [-0.25, -0.2) is 0 Å². The normalized spacial score (nSPS) is 10.7. The van der Waals surface area contributed by atoms with E-state index < -0.39 is 0 Å². The quantitative estimate of drug-likeness (QED) is 0.420. The van der Waals surface area contributed by atoms with Gasteiger partial charge in [-0.15, -0.1) is 0 Å². The summed E-state index contributed by atoms with van der Waals surface area (Å²) in [4.78, 5) is 0. The molecule has 1 heteroatoms. The summed E-state index contributed by atoms with van der Waals surface area (Å²) in [6, 6.07) is 23.2. The van der Waals surface area contributed by atoms with E-state index in [1.165, 1.54) is 22.3 Å². The van der Waals surface area contributed by atoms with Crippen molar-refractivity contribution in [3.63, 3.8) is 0 Å². The Morgan fingerprint density at radius 1 is 0.920 bits per heavy atom. The predicted molar refractivity (Wildman–Crippen MR) is 110 cm³/mol. The Labute approximate surface area is 155 Å². The van der Waals surface area contributed by atoms with Gasteiger partial charge in [0.1, 0.15) is 0 Å². The van der Waals surface area contributed by atoms with Crippen LogP contribution in [0, 0.1) is 6.92 Å². The van der Waals surface area contributed by atoms with Crippen LogP contribution in [0.5, 0.6) is 0 Å². The van der Waals surface area contributed by atoms with Gasteiger partial charge in [0.05, 0.1) is 0 Å². The topological polar surface area (TPSA) is 0 Å². The largest absolute Gasteiger partial charge is 0.0995 e. The number of allylic oxidation sites excluding steroid dienone is 1. The molecule has 0 aromatic heterocycles. The van der Waals surface area contributed by atoms with E-state index in [2.05, 4.69) is 69.0 Å². The summed E-state index contributed by atoms with van der Waals surface area (Å²) < 4.78 is 0. The molecule has 0 saturated heterocycles. The van der Waals surface area contributed by atoms with Crippen LogP contribution in [0.15, 0.2) is 78.9 Å². The maximum atomic E-state index is 6.62. The second-order valence-corrected chi connectivity index (χ2v) is 6.86. The fourth-order valence-corrected chi connectivity index (χ4v) is 3.37. The first-order chi connectivity index (χ1) is 12.1. The van der Waals surface area contributed by atoms with Gasteiger partial charge in [-0.05, 0) is 53.6 Å². The molecule has 0 fully saturated rings. The fourth-order valence-electron chi connectivity index (χ4n) is 3.09. The maximum absolute atomic E-state index is 6.62. The van der Waals surface area contributed by atoms with Gasteiger partial charge in [0, 0.05) is 10.6 Å². The summed E-state index contributed by atoms with van der Waals surface area (Å²) in [7, 11) is 0. The molecule has 0 saturated carbocycles. The van der Waals surface area contributed by atoms with Crippen LogP contribution in [0.3, 0.4) is 0 Å². The molecule has 0 atom stereocenters. The van der Waals surface area contributed by atoms with Crippen LogP contribution < -0.4 is 0 Å². The van der Waals surface area contributed by atoms with Crippen LogP contribution in [0.25, 0.3) is 22.3 Å². The first-order valence-corrected chi connectivity index (χ1v) is 9.08. The summed E-state index contributed by atoms with van der Waals surface area (Å²) in [6.07, 6.45) is 1.92. The summed E-state index contributed by atoms with van der Waals surface area (Å²) in [5.41, 5.74) is 8.47. The number of hydrogen-bond donors (Lipinski definition) is 0. The third-order valence-electron chi connectivity index (χ3n) is 4.68. The number of hydrogen-bond acceptors (Lipinski definition) is 0. The van der Waals surface area contributed by atoms with Crippen LogP contribution >= 0.6 is 11.6 Å². The third kappa shape index (κ3) is 3.86. The van der Waals surface area contributed by atoms with Crippen molar-refractivity contribution in [3.8, 4) is 22.3 Å². The molecule has 0 N–H and O–H groups in total. The van der Waals surface area contributed by atoms with Crippen LogP contribution in [-0.4, -0.2) is 0 Å². The van der Waals surface area contributed by atoms with E-state index in [1.807, 2.05) is 18.2 Å². The number of aryl methyl sites for hydroxylation is 1. The number of halogens is 1. The highest BCUT2D eigenvalue weighted by Gasteiger charge is 2.12. The molecule has 0 heterocycles. The summed E-state index contributed by atoms with van der Waals surface area (Å²) in [5, 5.41) is 0.783. The van der Waals surface area contributed by atoms with E-state index in [0.717, 1.165) is 34.6 Å². The highest BCUT2D eigenvalue weighted by atomic mass is 35.5. The highest BCUT2D eigenvalue weighted by molar-refractivity contribution is 6.34. The number of rotatable bonds is 5. The molecular weight excluding hydrogens is 324 g/mol. The number of benzene rings is 3. The predicted octanol–water partition coefficient (Wildman–Crippen LogP) is 7.49. The Balaban J connectivity index is 2.14. The smallest absolute Gasteiger partial charge is 0.0490 e. The molecule has 0 aliphatic heterocycles. The maximum Gasteiger partial charge on any atom is 0.0490 e. The lowest BCUT2D eigenvalue weighted by molar-refractivity contribution is 1.00.